The highest BCUT2D eigenvalue weighted by Crippen LogP contribution is 2.21. The summed E-state index contributed by atoms with van der Waals surface area (Å²) in [6.07, 6.45) is 0. The maximum atomic E-state index is 8.95. The van der Waals surface area contributed by atoms with Crippen molar-refractivity contribution in [3.63, 3.8) is 0 Å². The maximum Gasteiger partial charge on any atom is 0.116 e. The van der Waals surface area contributed by atoms with E-state index in [9.17, 15) is 0 Å². The minimum Gasteiger partial charge on any atom is -0.411 e. The normalized spacial score (nSPS) is 12.3. The van der Waals surface area contributed by atoms with Gasteiger partial charge in [-0.1, -0.05) is 73.4 Å². The van der Waals surface area contributed by atoms with Crippen molar-refractivity contribution in [2.45, 2.75) is 3.74 Å². The van der Waals surface area contributed by atoms with E-state index in [4.69, 9.17) is 5.21 Å². The van der Waals surface area contributed by atoms with Gasteiger partial charge in [-0.25, -0.2) is 0 Å². The van der Waals surface area contributed by atoms with Gasteiger partial charge in [0.05, 0.1) is 0 Å². The van der Waals surface area contributed by atoms with Crippen molar-refractivity contribution in [3.8, 4) is 0 Å². The van der Waals surface area contributed by atoms with Crippen LogP contribution in [0, 0.1) is 0 Å². The molecule has 0 heterocycles. The van der Waals surface area contributed by atoms with Gasteiger partial charge in [0, 0.05) is 5.56 Å². The van der Waals surface area contributed by atoms with Crippen molar-refractivity contribution >= 4 is 48.3 Å². The van der Waals surface area contributed by atoms with E-state index >= 15 is 0 Å². The zero-order valence-electron chi connectivity index (χ0n) is 8.27. The van der Waals surface area contributed by atoms with Crippen LogP contribution in [0.25, 0.3) is 10.8 Å². The molecule has 0 spiro atoms. The number of benzene rings is 2. The maximum absolute atomic E-state index is 8.95. The number of rotatable bonds is 2. The molecule has 2 aromatic rings. The van der Waals surface area contributed by atoms with Crippen molar-refractivity contribution in [2.24, 2.45) is 5.16 Å². The molecule has 0 amide bonds. The molecule has 0 unspecified atom stereocenters. The lowest BCUT2D eigenvalue weighted by Gasteiger charge is -2.06. The summed E-state index contributed by atoms with van der Waals surface area (Å²) in [7, 11) is 0. The standard InChI is InChI=1S/C12H9Br2NO/c13-12(14)11(15-16)10-6-5-8-3-1-2-4-9(8)7-10/h1-7,12,16H/b15-11-. The summed E-state index contributed by atoms with van der Waals surface area (Å²) in [5.41, 5.74) is 1.45. The van der Waals surface area contributed by atoms with Crippen LogP contribution in [0.3, 0.4) is 0 Å². The molecule has 0 aromatic heterocycles. The third kappa shape index (κ3) is 2.28. The Balaban J connectivity index is 2.54. The fourth-order valence-electron chi connectivity index (χ4n) is 1.58. The van der Waals surface area contributed by atoms with Crippen LogP contribution in [-0.4, -0.2) is 14.7 Å². The van der Waals surface area contributed by atoms with E-state index < -0.39 is 0 Å². The SMILES string of the molecule is O/N=C(/c1ccc2ccccc2c1)C(Br)Br. The zero-order valence-corrected chi connectivity index (χ0v) is 11.4. The molecule has 2 aromatic carbocycles. The second-order valence-corrected chi connectivity index (χ2v) is 6.41. The van der Waals surface area contributed by atoms with Gasteiger partial charge in [-0.15, -0.1) is 0 Å². The van der Waals surface area contributed by atoms with Crippen LogP contribution in [0.4, 0.5) is 0 Å². The summed E-state index contributed by atoms with van der Waals surface area (Å²) in [5.74, 6) is 0. The minimum absolute atomic E-state index is 0.161. The lowest BCUT2D eigenvalue weighted by atomic mass is 10.0. The quantitative estimate of drug-likeness (QED) is 0.378. The Morgan fingerprint density at radius 3 is 2.38 bits per heavy atom. The van der Waals surface area contributed by atoms with E-state index in [1.54, 1.807) is 0 Å². The number of nitrogens with zero attached hydrogens (tertiary/aromatic N) is 1. The van der Waals surface area contributed by atoms with Crippen molar-refractivity contribution in [1.82, 2.24) is 0 Å². The van der Waals surface area contributed by atoms with E-state index in [2.05, 4.69) is 43.1 Å². The molecule has 0 aliphatic heterocycles. The van der Waals surface area contributed by atoms with Gasteiger partial charge in [-0.05, 0) is 16.8 Å². The summed E-state index contributed by atoms with van der Waals surface area (Å²) < 4.78 is -0.161. The smallest absolute Gasteiger partial charge is 0.116 e. The first kappa shape index (κ1) is 11.6. The van der Waals surface area contributed by atoms with Crippen LogP contribution in [0.1, 0.15) is 5.56 Å². The monoisotopic (exact) mass is 341 g/mol. The molecule has 0 radical (unpaired) electrons. The Kier molecular flexibility index (Phi) is 3.61. The molecule has 1 N–H and O–H groups in total. The number of oxime groups is 1. The summed E-state index contributed by atoms with van der Waals surface area (Å²) in [6.45, 7) is 0. The highest BCUT2D eigenvalue weighted by Gasteiger charge is 2.12. The lowest BCUT2D eigenvalue weighted by molar-refractivity contribution is 0.319. The molecule has 0 atom stereocenters. The van der Waals surface area contributed by atoms with Crippen molar-refractivity contribution in [3.05, 3.63) is 48.0 Å². The fourth-order valence-corrected chi connectivity index (χ4v) is 2.29. The second kappa shape index (κ2) is 4.97. The van der Waals surface area contributed by atoms with E-state index in [0.29, 0.717) is 5.71 Å². The average Bonchev–Trinajstić information content (AvgIpc) is 2.29. The molecule has 2 rings (SSSR count). The van der Waals surface area contributed by atoms with Gasteiger partial charge in [0.25, 0.3) is 0 Å². The van der Waals surface area contributed by atoms with Crippen molar-refractivity contribution < 1.29 is 5.21 Å². The summed E-state index contributed by atoms with van der Waals surface area (Å²) in [4.78, 5) is 0. The highest BCUT2D eigenvalue weighted by atomic mass is 79.9. The van der Waals surface area contributed by atoms with Gasteiger partial charge >= 0.3 is 0 Å². The Bertz CT molecular complexity index is 537. The number of alkyl halides is 2. The molecule has 0 bridgehead atoms. The molecular formula is C12H9Br2NO. The van der Waals surface area contributed by atoms with Crippen molar-refractivity contribution in [2.75, 3.05) is 0 Å². The molecule has 0 saturated carbocycles. The van der Waals surface area contributed by atoms with Crippen LogP contribution < -0.4 is 0 Å². The highest BCUT2D eigenvalue weighted by molar-refractivity contribution is 9.25. The molecule has 82 valence electrons. The topological polar surface area (TPSA) is 32.6 Å². The predicted molar refractivity (Wildman–Crippen MR) is 73.9 cm³/mol. The Morgan fingerprint density at radius 1 is 1.06 bits per heavy atom. The van der Waals surface area contributed by atoms with Gasteiger partial charge in [0.2, 0.25) is 0 Å². The fraction of sp³-hybridized carbons (Fsp3) is 0.0833. The van der Waals surface area contributed by atoms with E-state index in [1.807, 2.05) is 36.4 Å². The van der Waals surface area contributed by atoms with Gasteiger partial charge in [0.1, 0.15) is 9.45 Å². The molecule has 4 heteroatoms. The Hall–Kier alpha value is -0.870. The van der Waals surface area contributed by atoms with E-state index in [-0.39, 0.29) is 3.74 Å². The molecule has 16 heavy (non-hydrogen) atoms. The average molecular weight is 343 g/mol. The van der Waals surface area contributed by atoms with Gasteiger partial charge in [-0.2, -0.15) is 0 Å². The van der Waals surface area contributed by atoms with Crippen LogP contribution in [-0.2, 0) is 0 Å². The number of hydrogen-bond donors (Lipinski definition) is 1. The first-order chi connectivity index (χ1) is 7.72. The third-order valence-electron chi connectivity index (χ3n) is 2.36. The predicted octanol–water partition coefficient (Wildman–Crippen LogP) is 4.13. The first-order valence-corrected chi connectivity index (χ1v) is 6.55. The number of halogens is 2. The van der Waals surface area contributed by atoms with Crippen LogP contribution >= 0.6 is 31.9 Å². The Morgan fingerprint density at radius 2 is 1.75 bits per heavy atom. The second-order valence-electron chi connectivity index (χ2n) is 3.35. The first-order valence-electron chi connectivity index (χ1n) is 4.71. The van der Waals surface area contributed by atoms with Crippen molar-refractivity contribution in [1.29, 1.82) is 0 Å². The molecule has 0 fully saturated rings. The number of fused-ring (bicyclic) bond motifs is 1. The molecule has 0 aliphatic carbocycles. The van der Waals surface area contributed by atoms with Gasteiger partial charge < -0.3 is 5.21 Å². The van der Waals surface area contributed by atoms with Crippen LogP contribution in [0.15, 0.2) is 47.6 Å². The van der Waals surface area contributed by atoms with Crippen LogP contribution in [0.2, 0.25) is 0 Å². The largest absolute Gasteiger partial charge is 0.411 e. The minimum atomic E-state index is -0.161. The summed E-state index contributed by atoms with van der Waals surface area (Å²) in [5, 5.41) is 14.5. The summed E-state index contributed by atoms with van der Waals surface area (Å²) in [6, 6.07) is 14.0. The zero-order chi connectivity index (χ0) is 11.5. The van der Waals surface area contributed by atoms with Crippen LogP contribution in [0.5, 0.6) is 0 Å². The van der Waals surface area contributed by atoms with Gasteiger partial charge in [-0.3, -0.25) is 0 Å². The van der Waals surface area contributed by atoms with E-state index in [1.165, 1.54) is 5.39 Å². The van der Waals surface area contributed by atoms with Gasteiger partial charge in [0.15, 0.2) is 0 Å². The molecule has 2 nitrogen and oxygen atoms in total. The molecule has 0 aliphatic rings. The number of hydrogen-bond acceptors (Lipinski definition) is 2. The Labute approximate surface area is 110 Å². The molecular weight excluding hydrogens is 334 g/mol. The molecule has 0 saturated heterocycles. The summed E-state index contributed by atoms with van der Waals surface area (Å²) >= 11 is 6.66. The third-order valence-corrected chi connectivity index (χ3v) is 3.23. The van der Waals surface area contributed by atoms with E-state index in [0.717, 1.165) is 10.9 Å². The lowest BCUT2D eigenvalue weighted by Crippen LogP contribution is -2.08.